The number of hydrogen-bond acceptors (Lipinski definition) is 5. The maximum Gasteiger partial charge on any atom is 0.221 e. The summed E-state index contributed by atoms with van der Waals surface area (Å²) >= 11 is 0. The zero-order valence-electron chi connectivity index (χ0n) is 14.0. The lowest BCUT2D eigenvalue weighted by atomic mass is 9.97. The Balaban J connectivity index is 1.52. The molecular weight excluding hydrogens is 308 g/mol. The third-order valence-corrected chi connectivity index (χ3v) is 5.39. The molecule has 0 unspecified atom stereocenters. The van der Waals surface area contributed by atoms with Crippen molar-refractivity contribution in [1.82, 2.24) is 0 Å². The quantitative estimate of drug-likeness (QED) is 0.920. The van der Waals surface area contributed by atoms with Gasteiger partial charge in [-0.3, -0.25) is 0 Å². The summed E-state index contributed by atoms with van der Waals surface area (Å²) in [5.74, 6) is -1.10. The van der Waals surface area contributed by atoms with Crippen molar-refractivity contribution in [1.29, 1.82) is 0 Å². The highest BCUT2D eigenvalue weighted by molar-refractivity contribution is 5.26. The van der Waals surface area contributed by atoms with Gasteiger partial charge in [-0.25, -0.2) is 0 Å². The molecule has 1 N–H and O–H groups in total. The van der Waals surface area contributed by atoms with Gasteiger partial charge in [0.2, 0.25) is 5.79 Å². The molecule has 4 rings (SSSR count). The number of fused-ring (bicyclic) bond motifs is 2. The van der Waals surface area contributed by atoms with Crippen molar-refractivity contribution < 1.29 is 24.1 Å². The van der Waals surface area contributed by atoms with Gasteiger partial charge in [-0.2, -0.15) is 0 Å². The first-order valence-electron chi connectivity index (χ1n) is 9.03. The Bertz CT molecular complexity index is 556. The van der Waals surface area contributed by atoms with Crippen molar-refractivity contribution in [3.8, 4) is 0 Å². The summed E-state index contributed by atoms with van der Waals surface area (Å²) < 4.78 is 24.4. The fourth-order valence-electron chi connectivity index (χ4n) is 4.00. The number of aliphatic hydroxyl groups excluding tert-OH is 1. The van der Waals surface area contributed by atoms with Crippen LogP contribution in [0.5, 0.6) is 0 Å². The highest BCUT2D eigenvalue weighted by atomic mass is 16.8. The van der Waals surface area contributed by atoms with E-state index in [2.05, 4.69) is 12.1 Å². The molecule has 0 aromatic heterocycles. The van der Waals surface area contributed by atoms with Gasteiger partial charge in [0, 0.05) is 0 Å². The van der Waals surface area contributed by atoms with Crippen molar-refractivity contribution >= 4 is 0 Å². The van der Waals surface area contributed by atoms with Gasteiger partial charge in [-0.15, -0.1) is 0 Å². The van der Waals surface area contributed by atoms with Crippen LogP contribution in [0.25, 0.3) is 0 Å². The first-order valence-corrected chi connectivity index (χ1v) is 9.03. The molecule has 2 heterocycles. The lowest BCUT2D eigenvalue weighted by Gasteiger charge is -2.38. The molecule has 5 heteroatoms. The molecule has 0 bridgehead atoms. The van der Waals surface area contributed by atoms with E-state index >= 15 is 0 Å². The first kappa shape index (κ1) is 16.5. The molecule has 2 aliphatic heterocycles. The summed E-state index contributed by atoms with van der Waals surface area (Å²) in [6, 6.07) is 8.13. The molecule has 132 valence electrons. The van der Waals surface area contributed by atoms with Gasteiger partial charge >= 0.3 is 0 Å². The second kappa shape index (κ2) is 7.10. The first-order chi connectivity index (χ1) is 11.8. The minimum absolute atomic E-state index is 0.131. The molecule has 0 radical (unpaired) electrons. The summed E-state index contributed by atoms with van der Waals surface area (Å²) in [6.07, 6.45) is 5.15. The normalized spacial score (nSPS) is 34.2. The Hall–Kier alpha value is -0.980. The number of benzene rings is 1. The Morgan fingerprint density at radius 1 is 1.04 bits per heavy atom. The van der Waals surface area contributed by atoms with Crippen molar-refractivity contribution in [2.24, 2.45) is 0 Å². The van der Waals surface area contributed by atoms with Crippen LogP contribution in [0.2, 0.25) is 0 Å². The summed E-state index contributed by atoms with van der Waals surface area (Å²) in [5, 5.41) is 10.1. The fourth-order valence-corrected chi connectivity index (χ4v) is 4.00. The van der Waals surface area contributed by atoms with Gasteiger partial charge in [0.25, 0.3) is 0 Å². The number of aliphatic hydroxyl groups is 1. The molecule has 3 atom stereocenters. The maximum atomic E-state index is 10.1. The summed E-state index contributed by atoms with van der Waals surface area (Å²) in [5.41, 5.74) is 2.26. The Morgan fingerprint density at radius 3 is 2.46 bits per heavy atom. The predicted octanol–water partition coefficient (Wildman–Crippen LogP) is 2.54. The van der Waals surface area contributed by atoms with E-state index < -0.39 is 11.9 Å². The monoisotopic (exact) mass is 334 g/mol. The lowest BCUT2D eigenvalue weighted by molar-refractivity contribution is -0.296. The molecule has 2 fully saturated rings. The van der Waals surface area contributed by atoms with E-state index in [-0.39, 0.29) is 18.8 Å². The second-order valence-electron chi connectivity index (χ2n) is 7.01. The van der Waals surface area contributed by atoms with Crippen LogP contribution in [0, 0.1) is 0 Å². The zero-order chi connectivity index (χ0) is 16.4. The predicted molar refractivity (Wildman–Crippen MR) is 87.3 cm³/mol. The van der Waals surface area contributed by atoms with Crippen molar-refractivity contribution in [3.05, 3.63) is 35.4 Å². The van der Waals surface area contributed by atoms with E-state index in [9.17, 15) is 5.11 Å². The van der Waals surface area contributed by atoms with E-state index in [0.29, 0.717) is 19.8 Å². The van der Waals surface area contributed by atoms with Gasteiger partial charge in [-0.05, 0) is 24.0 Å². The standard InChI is InChI=1S/C19H26O5/c20-13-19(24-16-8-2-1-3-9-16)18-17(12-23-19)21-10-14-6-4-5-7-15(14)11-22-18/h4-7,16-18,20H,1-3,8-13H2/t17-,18+,19+/m1/s1. The highest BCUT2D eigenvalue weighted by Gasteiger charge is 2.54. The van der Waals surface area contributed by atoms with E-state index in [4.69, 9.17) is 18.9 Å². The average Bonchev–Trinajstić information content (AvgIpc) is 2.94. The van der Waals surface area contributed by atoms with Gasteiger partial charge in [0.15, 0.2) is 0 Å². The second-order valence-corrected chi connectivity index (χ2v) is 7.01. The maximum absolute atomic E-state index is 10.1. The molecule has 5 nitrogen and oxygen atoms in total. The van der Waals surface area contributed by atoms with Crippen LogP contribution in [-0.2, 0) is 32.2 Å². The van der Waals surface area contributed by atoms with E-state index in [0.717, 1.165) is 24.0 Å². The molecule has 0 amide bonds. The minimum atomic E-state index is -1.10. The van der Waals surface area contributed by atoms with Crippen LogP contribution in [0.1, 0.15) is 43.2 Å². The zero-order valence-corrected chi connectivity index (χ0v) is 14.0. The van der Waals surface area contributed by atoms with Crippen molar-refractivity contribution in [2.75, 3.05) is 13.2 Å². The molecule has 1 aromatic carbocycles. The van der Waals surface area contributed by atoms with E-state index in [1.165, 1.54) is 19.3 Å². The molecule has 1 saturated carbocycles. The topological polar surface area (TPSA) is 57.2 Å². The Labute approximate surface area is 142 Å². The van der Waals surface area contributed by atoms with Crippen LogP contribution < -0.4 is 0 Å². The van der Waals surface area contributed by atoms with Crippen LogP contribution >= 0.6 is 0 Å². The number of ether oxygens (including phenoxy) is 4. The summed E-state index contributed by atoms with van der Waals surface area (Å²) in [6.45, 7) is 1.20. The number of hydrogen-bond donors (Lipinski definition) is 1. The Morgan fingerprint density at radius 2 is 1.75 bits per heavy atom. The molecule has 1 aromatic rings. The largest absolute Gasteiger partial charge is 0.391 e. The summed E-state index contributed by atoms with van der Waals surface area (Å²) in [4.78, 5) is 0. The molecule has 24 heavy (non-hydrogen) atoms. The SMILES string of the molecule is OC[C@@]1(OC2CCCCC2)OC[C@H]2OCc3ccccc3CO[C@@H]21. The van der Waals surface area contributed by atoms with Gasteiger partial charge in [0.05, 0.1) is 25.9 Å². The Kier molecular flexibility index (Phi) is 4.88. The minimum Gasteiger partial charge on any atom is -0.391 e. The van der Waals surface area contributed by atoms with Crippen LogP contribution in [0.4, 0.5) is 0 Å². The van der Waals surface area contributed by atoms with Crippen LogP contribution in [0.15, 0.2) is 24.3 Å². The lowest BCUT2D eigenvalue weighted by Crippen LogP contribution is -2.52. The molecule has 1 saturated heterocycles. The van der Waals surface area contributed by atoms with Crippen molar-refractivity contribution in [2.45, 2.75) is 69.4 Å². The van der Waals surface area contributed by atoms with Crippen LogP contribution in [-0.4, -0.2) is 42.4 Å². The fraction of sp³-hybridized carbons (Fsp3) is 0.684. The molecule has 1 aliphatic carbocycles. The summed E-state index contributed by atoms with van der Waals surface area (Å²) in [7, 11) is 0. The van der Waals surface area contributed by atoms with E-state index in [1.807, 2.05) is 12.1 Å². The van der Waals surface area contributed by atoms with Gasteiger partial charge in [0.1, 0.15) is 18.8 Å². The average molecular weight is 334 g/mol. The number of rotatable bonds is 3. The van der Waals surface area contributed by atoms with Gasteiger partial charge < -0.3 is 24.1 Å². The van der Waals surface area contributed by atoms with Crippen LogP contribution in [0.3, 0.4) is 0 Å². The third kappa shape index (κ3) is 3.11. The van der Waals surface area contributed by atoms with Crippen molar-refractivity contribution in [3.63, 3.8) is 0 Å². The van der Waals surface area contributed by atoms with Gasteiger partial charge in [-0.1, -0.05) is 43.5 Å². The molecule has 3 aliphatic rings. The molecule has 0 spiro atoms. The van der Waals surface area contributed by atoms with E-state index in [1.54, 1.807) is 0 Å². The smallest absolute Gasteiger partial charge is 0.221 e. The molecular formula is C19H26O5. The third-order valence-electron chi connectivity index (χ3n) is 5.39. The highest BCUT2D eigenvalue weighted by Crippen LogP contribution is 2.37.